The van der Waals surface area contributed by atoms with Crippen LogP contribution >= 0.6 is 35.0 Å². The number of carboxylic acid groups (broad SMARTS) is 1. The van der Waals surface area contributed by atoms with Crippen molar-refractivity contribution in [1.82, 2.24) is 10.2 Å². The summed E-state index contributed by atoms with van der Waals surface area (Å²) in [6.45, 7) is 1.40. The molecule has 2 amide bonds. The smallest absolute Gasteiger partial charge is 0.303 e. The Bertz CT molecular complexity index is 1140. The summed E-state index contributed by atoms with van der Waals surface area (Å²) in [4.78, 5) is 39.7. The van der Waals surface area contributed by atoms with Crippen molar-refractivity contribution in [1.29, 1.82) is 0 Å². The Kier molecular flexibility index (Phi) is 10.7. The largest absolute Gasteiger partial charge is 0.496 e. The molecular weight excluding hydrogens is 523 g/mol. The summed E-state index contributed by atoms with van der Waals surface area (Å²) in [5.74, 6) is -1.08. The third-order valence-electron chi connectivity index (χ3n) is 5.73. The number of rotatable bonds is 10. The van der Waals surface area contributed by atoms with Crippen molar-refractivity contribution >= 4 is 58.8 Å². The average Bonchev–Trinajstić information content (AvgIpc) is 2.87. The van der Waals surface area contributed by atoms with Crippen molar-refractivity contribution < 1.29 is 24.2 Å². The fourth-order valence-corrected chi connectivity index (χ4v) is 5.43. The number of methoxy groups -OCH3 is 1. The van der Waals surface area contributed by atoms with Gasteiger partial charge in [0.15, 0.2) is 0 Å². The van der Waals surface area contributed by atoms with Crippen LogP contribution in [0.5, 0.6) is 5.75 Å². The highest BCUT2D eigenvalue weighted by Crippen LogP contribution is 2.42. The minimum atomic E-state index is -0.971. The normalized spacial score (nSPS) is 14.1. The molecule has 0 aromatic heterocycles. The number of carbonyl (C=O) groups excluding carboxylic acids is 2. The highest BCUT2D eigenvalue weighted by molar-refractivity contribution is 7.99. The molecule has 2 aromatic carbocycles. The summed E-state index contributed by atoms with van der Waals surface area (Å²) in [7, 11) is 1.60. The highest BCUT2D eigenvalue weighted by Gasteiger charge is 2.29. The van der Waals surface area contributed by atoms with Crippen LogP contribution in [0.1, 0.15) is 37.7 Å². The Hall–Kier alpha value is -2.52. The molecule has 0 spiro atoms. The maximum Gasteiger partial charge on any atom is 0.303 e. The summed E-state index contributed by atoms with van der Waals surface area (Å²) < 4.78 is 5.39. The number of imide groups is 1. The van der Waals surface area contributed by atoms with Crippen LogP contribution in [0.2, 0.25) is 10.0 Å². The van der Waals surface area contributed by atoms with Gasteiger partial charge in [0.05, 0.1) is 22.1 Å². The lowest BCUT2D eigenvalue weighted by Crippen LogP contribution is -2.48. The van der Waals surface area contributed by atoms with Crippen LogP contribution in [0, 0.1) is 0 Å². The summed E-state index contributed by atoms with van der Waals surface area (Å²) in [5, 5.41) is 12.7. The van der Waals surface area contributed by atoms with E-state index in [9.17, 15) is 14.4 Å². The number of ether oxygens (including phenoxy) is 1. The molecule has 1 aliphatic heterocycles. The van der Waals surface area contributed by atoms with Crippen molar-refractivity contribution in [2.75, 3.05) is 20.2 Å². The first-order valence-electron chi connectivity index (χ1n) is 11.6. The van der Waals surface area contributed by atoms with Crippen molar-refractivity contribution in [3.63, 3.8) is 0 Å². The van der Waals surface area contributed by atoms with E-state index in [2.05, 4.69) is 5.32 Å². The standard InChI is InChI=1S/C26H28Cl2N2O5S/c1-35-19-5-2-3-6-20(19)36-21-11-9-17(25(27)26(21)28)10-12-23(32)30(18-13-15-29-16-14-18)22(31)7-4-8-24(33)34/h2-3,5-6,9-12,18,29H,4,7-8,13-16H2,1H3,(H,33,34)/b12-10+. The third kappa shape index (κ3) is 7.49. The van der Waals surface area contributed by atoms with Gasteiger partial charge in [-0.1, -0.05) is 53.2 Å². The predicted octanol–water partition coefficient (Wildman–Crippen LogP) is 5.53. The Morgan fingerprint density at radius 1 is 1.08 bits per heavy atom. The highest BCUT2D eigenvalue weighted by atomic mass is 35.5. The third-order valence-corrected chi connectivity index (χ3v) is 7.86. The molecule has 1 saturated heterocycles. The molecule has 1 heterocycles. The molecule has 36 heavy (non-hydrogen) atoms. The number of hydrogen-bond donors (Lipinski definition) is 2. The van der Waals surface area contributed by atoms with Gasteiger partial charge in [0.2, 0.25) is 5.91 Å². The molecule has 1 aliphatic rings. The molecule has 0 atom stereocenters. The van der Waals surface area contributed by atoms with E-state index in [1.54, 1.807) is 19.3 Å². The zero-order chi connectivity index (χ0) is 26.1. The quantitative estimate of drug-likeness (QED) is 0.375. The molecule has 3 rings (SSSR count). The molecule has 192 valence electrons. The van der Waals surface area contributed by atoms with Gasteiger partial charge < -0.3 is 15.2 Å². The van der Waals surface area contributed by atoms with Crippen molar-refractivity contribution in [3.8, 4) is 5.75 Å². The molecule has 2 N–H and O–H groups in total. The van der Waals surface area contributed by atoms with Crippen LogP contribution in [-0.4, -0.2) is 54.0 Å². The first-order valence-corrected chi connectivity index (χ1v) is 13.1. The molecule has 10 heteroatoms. The van der Waals surface area contributed by atoms with Gasteiger partial charge in [0, 0.05) is 29.9 Å². The van der Waals surface area contributed by atoms with E-state index < -0.39 is 11.9 Å². The van der Waals surface area contributed by atoms with Crippen LogP contribution in [0.25, 0.3) is 6.08 Å². The number of nitrogens with zero attached hydrogens (tertiary/aromatic N) is 1. The van der Waals surface area contributed by atoms with Gasteiger partial charge in [-0.15, -0.1) is 0 Å². The van der Waals surface area contributed by atoms with Crippen LogP contribution in [0.4, 0.5) is 0 Å². The van der Waals surface area contributed by atoms with Gasteiger partial charge in [-0.2, -0.15) is 0 Å². The van der Waals surface area contributed by atoms with E-state index in [0.717, 1.165) is 15.5 Å². The second kappa shape index (κ2) is 13.7. The molecule has 7 nitrogen and oxygen atoms in total. The number of nitrogens with one attached hydrogen (secondary N) is 1. The van der Waals surface area contributed by atoms with E-state index in [-0.39, 0.29) is 31.2 Å². The van der Waals surface area contributed by atoms with E-state index >= 15 is 0 Å². The van der Waals surface area contributed by atoms with Crippen molar-refractivity contribution in [2.24, 2.45) is 0 Å². The number of carboxylic acids is 1. The molecule has 0 aliphatic carbocycles. The number of para-hydroxylation sites is 1. The lowest BCUT2D eigenvalue weighted by atomic mass is 10.0. The number of amides is 2. The van der Waals surface area contributed by atoms with E-state index in [4.69, 9.17) is 33.0 Å². The number of benzene rings is 2. The van der Waals surface area contributed by atoms with Crippen LogP contribution < -0.4 is 10.1 Å². The second-order valence-corrected chi connectivity index (χ2v) is 10.0. The fraction of sp³-hybridized carbons (Fsp3) is 0.346. The van der Waals surface area contributed by atoms with Gasteiger partial charge in [-0.05, 0) is 62.2 Å². The fourth-order valence-electron chi connectivity index (χ4n) is 3.90. The summed E-state index contributed by atoms with van der Waals surface area (Å²) in [6, 6.07) is 10.9. The van der Waals surface area contributed by atoms with Gasteiger partial charge in [-0.3, -0.25) is 19.3 Å². The lowest BCUT2D eigenvalue weighted by molar-refractivity contribution is -0.145. The maximum absolute atomic E-state index is 13.1. The zero-order valence-corrected chi connectivity index (χ0v) is 22.2. The molecule has 0 saturated carbocycles. The van der Waals surface area contributed by atoms with Gasteiger partial charge >= 0.3 is 5.97 Å². The number of aliphatic carboxylic acids is 1. The van der Waals surface area contributed by atoms with E-state index in [0.29, 0.717) is 41.5 Å². The number of hydrogen-bond acceptors (Lipinski definition) is 6. The number of halogens is 2. The van der Waals surface area contributed by atoms with Crippen LogP contribution in [-0.2, 0) is 14.4 Å². The number of piperidine rings is 1. The van der Waals surface area contributed by atoms with Gasteiger partial charge in [0.1, 0.15) is 5.75 Å². The molecule has 1 fully saturated rings. The Balaban J connectivity index is 1.77. The first-order chi connectivity index (χ1) is 17.3. The number of carbonyl (C=O) groups is 3. The SMILES string of the molecule is COc1ccccc1Sc1ccc(/C=C/C(=O)N(C(=O)CCCC(=O)O)C2CCNCC2)c(Cl)c1Cl. The second-order valence-electron chi connectivity index (χ2n) is 8.20. The summed E-state index contributed by atoms with van der Waals surface area (Å²) in [6.07, 6.45) is 4.21. The summed E-state index contributed by atoms with van der Waals surface area (Å²) >= 11 is 14.5. The van der Waals surface area contributed by atoms with E-state index in [1.807, 2.05) is 30.3 Å². The average molecular weight is 551 g/mol. The minimum absolute atomic E-state index is 0.00272. The molecule has 2 aromatic rings. The predicted molar refractivity (Wildman–Crippen MR) is 142 cm³/mol. The molecule has 0 unspecified atom stereocenters. The molecule has 0 radical (unpaired) electrons. The van der Waals surface area contributed by atoms with Gasteiger partial charge in [-0.25, -0.2) is 0 Å². The Labute approximate surface area is 224 Å². The topological polar surface area (TPSA) is 95.9 Å². The molecular formula is C26H28Cl2N2O5S. The van der Waals surface area contributed by atoms with Crippen LogP contribution in [0.3, 0.4) is 0 Å². The maximum atomic E-state index is 13.1. The first kappa shape index (κ1) is 28.1. The van der Waals surface area contributed by atoms with Crippen molar-refractivity contribution in [3.05, 3.63) is 58.1 Å². The Morgan fingerprint density at radius 3 is 2.50 bits per heavy atom. The minimum Gasteiger partial charge on any atom is -0.496 e. The zero-order valence-electron chi connectivity index (χ0n) is 19.8. The lowest BCUT2D eigenvalue weighted by Gasteiger charge is -2.32. The van der Waals surface area contributed by atoms with Crippen molar-refractivity contribution in [2.45, 2.75) is 47.9 Å². The Morgan fingerprint density at radius 2 is 1.81 bits per heavy atom. The van der Waals surface area contributed by atoms with Crippen LogP contribution in [0.15, 0.2) is 52.3 Å². The summed E-state index contributed by atoms with van der Waals surface area (Å²) in [5.41, 5.74) is 0.544. The molecule has 0 bridgehead atoms. The van der Waals surface area contributed by atoms with Gasteiger partial charge in [0.25, 0.3) is 5.91 Å². The van der Waals surface area contributed by atoms with E-state index in [1.165, 1.54) is 22.7 Å². The monoisotopic (exact) mass is 550 g/mol.